The molecule has 2 N–H and O–H groups in total. The summed E-state index contributed by atoms with van der Waals surface area (Å²) in [5, 5.41) is 11.3. The number of quaternary nitrogens is 1. The molecule has 2 fully saturated rings. The largest absolute Gasteiger partial charge is 0.489 e. The average molecular weight is 367 g/mol. The first-order chi connectivity index (χ1) is 12.2. The molecule has 2 saturated carbocycles. The zero-order valence-corrected chi connectivity index (χ0v) is 16.0. The third kappa shape index (κ3) is 5.60. The van der Waals surface area contributed by atoms with E-state index in [2.05, 4.69) is 0 Å². The van der Waals surface area contributed by atoms with E-state index < -0.39 is 6.10 Å². The summed E-state index contributed by atoms with van der Waals surface area (Å²) in [6.07, 6.45) is 13.0. The third-order valence-corrected chi connectivity index (χ3v) is 6.31. The molecule has 0 saturated heterocycles. The Hall–Kier alpha value is -0.770. The van der Waals surface area contributed by atoms with Crippen LogP contribution in [0.25, 0.3) is 0 Å². The Bertz CT molecular complexity index is 494. The van der Waals surface area contributed by atoms with E-state index in [1.54, 1.807) is 4.90 Å². The van der Waals surface area contributed by atoms with Gasteiger partial charge in [0.2, 0.25) is 0 Å². The summed E-state index contributed by atoms with van der Waals surface area (Å²) in [5.74, 6) is 0.667. The van der Waals surface area contributed by atoms with Crippen molar-refractivity contribution in [1.82, 2.24) is 0 Å². The SMILES string of the molecule is O[C@H](COc1ccccc1Cl)C[NH+](C1CCCCC1)C1CCCCC1. The van der Waals surface area contributed by atoms with Gasteiger partial charge in [0.05, 0.1) is 17.1 Å². The number of rotatable bonds is 7. The molecule has 25 heavy (non-hydrogen) atoms. The van der Waals surface area contributed by atoms with Gasteiger partial charge < -0.3 is 14.7 Å². The average Bonchev–Trinajstić information content (AvgIpc) is 2.67. The summed E-state index contributed by atoms with van der Waals surface area (Å²) in [4.78, 5) is 1.65. The molecule has 0 aliphatic heterocycles. The minimum Gasteiger partial charge on any atom is -0.489 e. The molecule has 2 aliphatic carbocycles. The molecule has 1 aromatic carbocycles. The van der Waals surface area contributed by atoms with Gasteiger partial charge in [0.25, 0.3) is 0 Å². The number of hydrogen-bond donors (Lipinski definition) is 2. The number of ether oxygens (including phenoxy) is 1. The zero-order valence-electron chi connectivity index (χ0n) is 15.3. The van der Waals surface area contributed by atoms with Crippen molar-refractivity contribution in [2.24, 2.45) is 0 Å². The van der Waals surface area contributed by atoms with Gasteiger partial charge in [0.1, 0.15) is 25.0 Å². The molecule has 140 valence electrons. The number of para-hydroxylation sites is 1. The van der Waals surface area contributed by atoms with Crippen molar-refractivity contribution in [3.8, 4) is 5.75 Å². The summed E-state index contributed by atoms with van der Waals surface area (Å²) in [6.45, 7) is 1.13. The van der Waals surface area contributed by atoms with Crippen molar-refractivity contribution < 1.29 is 14.7 Å². The molecule has 3 nitrogen and oxygen atoms in total. The topological polar surface area (TPSA) is 33.9 Å². The van der Waals surface area contributed by atoms with Gasteiger partial charge in [-0.05, 0) is 63.5 Å². The minimum absolute atomic E-state index is 0.326. The summed E-state index contributed by atoms with van der Waals surface area (Å²) >= 11 is 6.15. The summed E-state index contributed by atoms with van der Waals surface area (Å²) in [6, 6.07) is 8.95. The van der Waals surface area contributed by atoms with Crippen LogP contribution in [0.2, 0.25) is 5.02 Å². The fourth-order valence-corrected chi connectivity index (χ4v) is 4.88. The zero-order chi connectivity index (χ0) is 17.5. The molecular formula is C21H33ClNO2+. The van der Waals surface area contributed by atoms with Gasteiger partial charge in [-0.25, -0.2) is 0 Å². The molecule has 0 amide bonds. The van der Waals surface area contributed by atoms with E-state index in [9.17, 15) is 5.11 Å². The lowest BCUT2D eigenvalue weighted by molar-refractivity contribution is -0.955. The van der Waals surface area contributed by atoms with Crippen LogP contribution < -0.4 is 9.64 Å². The van der Waals surface area contributed by atoms with Gasteiger partial charge in [-0.2, -0.15) is 0 Å². The van der Waals surface area contributed by atoms with Crippen molar-refractivity contribution in [3.63, 3.8) is 0 Å². The van der Waals surface area contributed by atoms with Crippen molar-refractivity contribution in [1.29, 1.82) is 0 Å². The standard InChI is InChI=1S/C21H32ClNO2/c22-20-13-7-8-14-21(20)25-16-19(24)15-23(17-9-3-1-4-10-17)18-11-5-2-6-12-18/h7-8,13-14,17-19,24H,1-6,9-12,15-16H2/p+1/t19-/m0/s1. The molecule has 3 rings (SSSR count). The van der Waals surface area contributed by atoms with Crippen LogP contribution >= 0.6 is 11.6 Å². The molecule has 1 atom stereocenters. The van der Waals surface area contributed by atoms with Crippen LogP contribution in [-0.4, -0.2) is 36.4 Å². The fourth-order valence-electron chi connectivity index (χ4n) is 4.69. The maximum absolute atomic E-state index is 10.6. The first-order valence-corrected chi connectivity index (χ1v) is 10.5. The second kappa shape index (κ2) is 9.80. The molecule has 4 heteroatoms. The number of benzene rings is 1. The Kier molecular flexibility index (Phi) is 7.45. The highest BCUT2D eigenvalue weighted by atomic mass is 35.5. The van der Waals surface area contributed by atoms with Crippen molar-refractivity contribution in [2.45, 2.75) is 82.4 Å². The number of aliphatic hydroxyl groups excluding tert-OH is 1. The highest BCUT2D eigenvalue weighted by molar-refractivity contribution is 6.32. The first-order valence-electron chi connectivity index (χ1n) is 10.1. The van der Waals surface area contributed by atoms with Crippen molar-refractivity contribution in [2.75, 3.05) is 13.2 Å². The van der Waals surface area contributed by atoms with E-state index in [-0.39, 0.29) is 0 Å². The van der Waals surface area contributed by atoms with E-state index in [0.717, 1.165) is 18.6 Å². The first kappa shape index (κ1) is 19.0. The highest BCUT2D eigenvalue weighted by Gasteiger charge is 2.33. The summed E-state index contributed by atoms with van der Waals surface area (Å²) in [7, 11) is 0. The molecule has 2 aliphatic rings. The van der Waals surface area contributed by atoms with Crippen LogP contribution in [0.4, 0.5) is 0 Å². The van der Waals surface area contributed by atoms with Crippen LogP contribution in [0.5, 0.6) is 5.75 Å². The fraction of sp³-hybridized carbons (Fsp3) is 0.714. The predicted octanol–water partition coefficient (Wildman–Crippen LogP) is 3.63. The van der Waals surface area contributed by atoms with Crippen LogP contribution in [0.3, 0.4) is 0 Å². The van der Waals surface area contributed by atoms with Gasteiger partial charge >= 0.3 is 0 Å². The molecule has 0 unspecified atom stereocenters. The van der Waals surface area contributed by atoms with Crippen LogP contribution in [0.1, 0.15) is 64.2 Å². The maximum Gasteiger partial charge on any atom is 0.138 e. The lowest BCUT2D eigenvalue weighted by atomic mass is 9.88. The summed E-state index contributed by atoms with van der Waals surface area (Å²) < 4.78 is 5.78. The molecular weight excluding hydrogens is 334 g/mol. The third-order valence-electron chi connectivity index (χ3n) is 6.00. The highest BCUT2D eigenvalue weighted by Crippen LogP contribution is 2.23. The lowest BCUT2D eigenvalue weighted by Crippen LogP contribution is -3.20. The van der Waals surface area contributed by atoms with Gasteiger partial charge in [0.15, 0.2) is 0 Å². The summed E-state index contributed by atoms with van der Waals surface area (Å²) in [5.41, 5.74) is 0. The monoisotopic (exact) mass is 366 g/mol. The Morgan fingerprint density at radius 2 is 1.52 bits per heavy atom. The van der Waals surface area contributed by atoms with Gasteiger partial charge in [-0.15, -0.1) is 0 Å². The number of aliphatic hydroxyl groups is 1. The van der Waals surface area contributed by atoms with Crippen molar-refractivity contribution in [3.05, 3.63) is 29.3 Å². The van der Waals surface area contributed by atoms with E-state index in [1.165, 1.54) is 64.2 Å². The van der Waals surface area contributed by atoms with E-state index >= 15 is 0 Å². The van der Waals surface area contributed by atoms with Gasteiger partial charge in [-0.3, -0.25) is 0 Å². The molecule has 0 heterocycles. The number of hydrogen-bond acceptors (Lipinski definition) is 2. The molecule has 0 spiro atoms. The smallest absolute Gasteiger partial charge is 0.138 e. The van der Waals surface area contributed by atoms with E-state index in [0.29, 0.717) is 17.4 Å². The lowest BCUT2D eigenvalue weighted by Gasteiger charge is -2.39. The van der Waals surface area contributed by atoms with Crippen LogP contribution in [0, 0.1) is 0 Å². The second-order valence-corrected chi connectivity index (χ2v) is 8.25. The minimum atomic E-state index is -0.435. The van der Waals surface area contributed by atoms with Gasteiger partial charge in [0, 0.05) is 0 Å². The normalized spacial score (nSPS) is 21.4. The predicted molar refractivity (Wildman–Crippen MR) is 103 cm³/mol. The van der Waals surface area contributed by atoms with Crippen molar-refractivity contribution >= 4 is 11.6 Å². The van der Waals surface area contributed by atoms with Crippen LogP contribution in [0.15, 0.2) is 24.3 Å². The van der Waals surface area contributed by atoms with E-state index in [4.69, 9.17) is 16.3 Å². The molecule has 0 aromatic heterocycles. The van der Waals surface area contributed by atoms with Gasteiger partial charge in [-0.1, -0.05) is 36.6 Å². The molecule has 0 radical (unpaired) electrons. The molecule has 0 bridgehead atoms. The van der Waals surface area contributed by atoms with E-state index in [1.807, 2.05) is 24.3 Å². The Morgan fingerprint density at radius 3 is 2.08 bits per heavy atom. The Balaban J connectivity index is 1.57. The number of halogens is 1. The van der Waals surface area contributed by atoms with Crippen LogP contribution in [-0.2, 0) is 0 Å². The number of nitrogens with one attached hydrogen (secondary N) is 1. The Labute approximate surface area is 157 Å². The Morgan fingerprint density at radius 1 is 0.960 bits per heavy atom. The quantitative estimate of drug-likeness (QED) is 0.772. The molecule has 1 aromatic rings. The second-order valence-electron chi connectivity index (χ2n) is 7.84. The maximum atomic E-state index is 10.6.